The van der Waals surface area contributed by atoms with E-state index < -0.39 is 11.7 Å². The third-order valence-corrected chi connectivity index (χ3v) is 5.85. The SMILES string of the molecule is COc1ccc(CC(C)[C@H]2CN(c3ccc(Cl)c(C(F)(F)F)c3)CCN2)cc1OC. The Bertz CT molecular complexity index is 876. The maximum atomic E-state index is 13.2. The predicted molar refractivity (Wildman–Crippen MR) is 113 cm³/mol. The van der Waals surface area contributed by atoms with Gasteiger partial charge in [-0.25, -0.2) is 0 Å². The lowest BCUT2D eigenvalue weighted by atomic mass is 9.92. The fourth-order valence-electron chi connectivity index (χ4n) is 3.84. The van der Waals surface area contributed by atoms with Gasteiger partial charge in [0, 0.05) is 31.4 Å². The van der Waals surface area contributed by atoms with Crippen molar-refractivity contribution in [3.63, 3.8) is 0 Å². The first-order valence-corrected chi connectivity index (χ1v) is 10.2. The second kappa shape index (κ2) is 9.35. The van der Waals surface area contributed by atoms with Gasteiger partial charge in [0.2, 0.25) is 0 Å². The van der Waals surface area contributed by atoms with Gasteiger partial charge in [-0.3, -0.25) is 0 Å². The molecule has 2 atom stereocenters. The maximum absolute atomic E-state index is 13.2. The fourth-order valence-corrected chi connectivity index (χ4v) is 4.07. The molecule has 0 aromatic heterocycles. The van der Waals surface area contributed by atoms with Crippen molar-refractivity contribution in [2.45, 2.75) is 25.6 Å². The van der Waals surface area contributed by atoms with Crippen LogP contribution < -0.4 is 19.7 Å². The molecule has 0 aliphatic carbocycles. The van der Waals surface area contributed by atoms with Crippen LogP contribution in [0.5, 0.6) is 11.5 Å². The number of anilines is 1. The minimum atomic E-state index is -4.47. The summed E-state index contributed by atoms with van der Waals surface area (Å²) in [6, 6.07) is 10.1. The molecule has 2 aromatic rings. The molecule has 0 bridgehead atoms. The lowest BCUT2D eigenvalue weighted by Crippen LogP contribution is -2.53. The normalized spacial score (nSPS) is 18.2. The van der Waals surface area contributed by atoms with Gasteiger partial charge in [-0.1, -0.05) is 24.6 Å². The largest absolute Gasteiger partial charge is 0.493 e. The Hall–Kier alpha value is -2.12. The van der Waals surface area contributed by atoms with Crippen molar-refractivity contribution in [1.82, 2.24) is 5.32 Å². The van der Waals surface area contributed by atoms with E-state index in [0.717, 1.165) is 18.1 Å². The third kappa shape index (κ3) is 5.13. The molecule has 0 amide bonds. The molecule has 1 saturated heterocycles. The van der Waals surface area contributed by atoms with Gasteiger partial charge < -0.3 is 19.7 Å². The van der Waals surface area contributed by atoms with Crippen LogP contribution in [0.15, 0.2) is 36.4 Å². The molecule has 30 heavy (non-hydrogen) atoms. The van der Waals surface area contributed by atoms with E-state index in [0.29, 0.717) is 36.8 Å². The van der Waals surface area contributed by atoms with Gasteiger partial charge in [0.25, 0.3) is 0 Å². The minimum Gasteiger partial charge on any atom is -0.493 e. The monoisotopic (exact) mass is 442 g/mol. The van der Waals surface area contributed by atoms with E-state index in [-0.39, 0.29) is 17.0 Å². The zero-order valence-corrected chi connectivity index (χ0v) is 18.0. The van der Waals surface area contributed by atoms with E-state index in [9.17, 15) is 13.2 Å². The van der Waals surface area contributed by atoms with Crippen LogP contribution in [0.4, 0.5) is 18.9 Å². The molecule has 3 rings (SSSR count). The molecule has 4 nitrogen and oxygen atoms in total. The number of piperazine rings is 1. The number of nitrogens with zero attached hydrogens (tertiary/aromatic N) is 1. The van der Waals surface area contributed by atoms with Crippen molar-refractivity contribution < 1.29 is 22.6 Å². The number of benzene rings is 2. The number of nitrogens with one attached hydrogen (secondary N) is 1. The highest BCUT2D eigenvalue weighted by Crippen LogP contribution is 2.37. The van der Waals surface area contributed by atoms with Crippen molar-refractivity contribution in [3.05, 3.63) is 52.5 Å². The van der Waals surface area contributed by atoms with Gasteiger partial charge in [-0.2, -0.15) is 13.2 Å². The Morgan fingerprint density at radius 2 is 1.87 bits per heavy atom. The zero-order chi connectivity index (χ0) is 21.9. The number of halogens is 4. The van der Waals surface area contributed by atoms with Gasteiger partial charge in [0.1, 0.15) is 0 Å². The second-order valence-electron chi connectivity index (χ2n) is 7.54. The highest BCUT2D eigenvalue weighted by molar-refractivity contribution is 6.31. The van der Waals surface area contributed by atoms with Crippen LogP contribution in [0.3, 0.4) is 0 Å². The average Bonchev–Trinajstić information content (AvgIpc) is 2.73. The van der Waals surface area contributed by atoms with Crippen LogP contribution >= 0.6 is 11.6 Å². The minimum absolute atomic E-state index is 0.136. The first-order valence-electron chi connectivity index (χ1n) is 9.79. The fraction of sp³-hybridized carbons (Fsp3) is 0.455. The lowest BCUT2D eigenvalue weighted by molar-refractivity contribution is -0.137. The summed E-state index contributed by atoms with van der Waals surface area (Å²) in [5, 5.41) is 3.22. The van der Waals surface area contributed by atoms with Crippen LogP contribution in [0, 0.1) is 5.92 Å². The number of hydrogen-bond acceptors (Lipinski definition) is 4. The summed E-state index contributed by atoms with van der Waals surface area (Å²) in [4.78, 5) is 1.98. The van der Waals surface area contributed by atoms with Crippen molar-refractivity contribution in [2.24, 2.45) is 5.92 Å². The Morgan fingerprint density at radius 1 is 1.13 bits per heavy atom. The lowest BCUT2D eigenvalue weighted by Gasteiger charge is -2.38. The quantitative estimate of drug-likeness (QED) is 0.680. The number of rotatable bonds is 6. The summed E-state index contributed by atoms with van der Waals surface area (Å²) in [7, 11) is 3.20. The first-order chi connectivity index (χ1) is 14.2. The molecule has 1 aliphatic rings. The second-order valence-corrected chi connectivity index (χ2v) is 7.95. The molecule has 0 saturated carbocycles. The van der Waals surface area contributed by atoms with Crippen LogP contribution in [-0.2, 0) is 12.6 Å². The molecule has 1 N–H and O–H groups in total. The van der Waals surface area contributed by atoms with Crippen molar-refractivity contribution in [3.8, 4) is 11.5 Å². The Balaban J connectivity index is 1.72. The van der Waals surface area contributed by atoms with Crippen molar-refractivity contribution in [2.75, 3.05) is 38.8 Å². The molecule has 164 valence electrons. The topological polar surface area (TPSA) is 33.7 Å². The van der Waals surface area contributed by atoms with E-state index in [2.05, 4.69) is 12.2 Å². The summed E-state index contributed by atoms with van der Waals surface area (Å²) in [6.07, 6.45) is -3.67. The van der Waals surface area contributed by atoms with E-state index in [1.54, 1.807) is 20.3 Å². The molecule has 1 heterocycles. The van der Waals surface area contributed by atoms with Gasteiger partial charge >= 0.3 is 6.18 Å². The van der Waals surface area contributed by atoms with Crippen LogP contribution in [0.2, 0.25) is 5.02 Å². The van der Waals surface area contributed by atoms with Crippen LogP contribution in [0.1, 0.15) is 18.1 Å². The Kier molecular flexibility index (Phi) is 7.03. The Labute approximate surface area is 179 Å². The molecule has 1 fully saturated rings. The highest BCUT2D eigenvalue weighted by atomic mass is 35.5. The van der Waals surface area contributed by atoms with Crippen molar-refractivity contribution in [1.29, 1.82) is 0 Å². The molecule has 0 radical (unpaired) electrons. The first kappa shape index (κ1) is 22.6. The van der Waals surface area contributed by atoms with Gasteiger partial charge in [0.15, 0.2) is 11.5 Å². The van der Waals surface area contributed by atoms with E-state index >= 15 is 0 Å². The summed E-state index contributed by atoms with van der Waals surface area (Å²) in [5.74, 6) is 1.63. The summed E-state index contributed by atoms with van der Waals surface area (Å²) in [5.41, 5.74) is 0.858. The third-order valence-electron chi connectivity index (χ3n) is 5.52. The molecule has 8 heteroatoms. The number of methoxy groups -OCH3 is 2. The van der Waals surface area contributed by atoms with Crippen molar-refractivity contribution >= 4 is 17.3 Å². The van der Waals surface area contributed by atoms with Crippen LogP contribution in [-0.4, -0.2) is 39.9 Å². The number of alkyl halides is 3. The predicted octanol–water partition coefficient (Wildman–Crippen LogP) is 5.03. The molecule has 2 aromatic carbocycles. The highest BCUT2D eigenvalue weighted by Gasteiger charge is 2.34. The van der Waals surface area contributed by atoms with E-state index in [1.807, 2.05) is 23.1 Å². The van der Waals surface area contributed by atoms with E-state index in [1.165, 1.54) is 6.07 Å². The summed E-state index contributed by atoms with van der Waals surface area (Å²) >= 11 is 5.77. The van der Waals surface area contributed by atoms with Gasteiger partial charge in [0.05, 0.1) is 24.8 Å². The van der Waals surface area contributed by atoms with Gasteiger partial charge in [-0.05, 0) is 48.2 Å². The summed E-state index contributed by atoms with van der Waals surface area (Å²) < 4.78 is 50.3. The molecule has 1 aliphatic heterocycles. The number of hydrogen-bond donors (Lipinski definition) is 1. The van der Waals surface area contributed by atoms with Gasteiger partial charge in [-0.15, -0.1) is 0 Å². The molecular weight excluding hydrogens is 417 g/mol. The van der Waals surface area contributed by atoms with E-state index in [4.69, 9.17) is 21.1 Å². The number of ether oxygens (including phenoxy) is 2. The molecular formula is C22H26ClF3N2O2. The summed E-state index contributed by atoms with van der Waals surface area (Å²) in [6.45, 7) is 4.09. The van der Waals surface area contributed by atoms with Crippen LogP contribution in [0.25, 0.3) is 0 Å². The maximum Gasteiger partial charge on any atom is 0.417 e. The smallest absolute Gasteiger partial charge is 0.417 e. The molecule has 0 spiro atoms. The molecule has 1 unspecified atom stereocenters. The zero-order valence-electron chi connectivity index (χ0n) is 17.2. The Morgan fingerprint density at radius 3 is 2.53 bits per heavy atom. The standard InChI is InChI=1S/C22H26ClF3N2O2/c1-14(10-15-4-7-20(29-2)21(11-15)30-3)19-13-28(9-8-27-19)16-5-6-18(23)17(12-16)22(24,25)26/h4-7,11-12,14,19,27H,8-10,13H2,1-3H3/t14?,19-/m1/s1. The average molecular weight is 443 g/mol.